The number of aryl methyl sites for hydroxylation is 1. The monoisotopic (exact) mass is 403 g/mol. The van der Waals surface area contributed by atoms with Crippen molar-refractivity contribution in [3.05, 3.63) is 89.4 Å². The molecule has 1 saturated heterocycles. The van der Waals surface area contributed by atoms with Crippen LogP contribution in [-0.2, 0) is 6.54 Å². The number of rotatable bonds is 5. The van der Waals surface area contributed by atoms with Crippen LogP contribution < -0.4 is 5.32 Å². The largest absolute Gasteiger partial charge is 0.459 e. The van der Waals surface area contributed by atoms with E-state index in [-0.39, 0.29) is 17.6 Å². The molecular weight excluding hydrogens is 378 g/mol. The maximum Gasteiger partial charge on any atom is 0.291 e. The Morgan fingerprint density at radius 1 is 0.967 bits per heavy atom. The third-order valence-electron chi connectivity index (χ3n) is 5.39. The zero-order valence-corrected chi connectivity index (χ0v) is 17.0. The zero-order chi connectivity index (χ0) is 20.9. The number of carbonyl (C=O) groups is 2. The van der Waals surface area contributed by atoms with E-state index in [1.54, 1.807) is 18.2 Å². The second-order valence-electron chi connectivity index (χ2n) is 7.52. The molecule has 1 N–H and O–H groups in total. The first-order chi connectivity index (χ1) is 14.6. The minimum absolute atomic E-state index is 0.0112. The van der Waals surface area contributed by atoms with E-state index in [1.807, 2.05) is 30.0 Å². The van der Waals surface area contributed by atoms with Gasteiger partial charge < -0.3 is 14.6 Å². The molecule has 2 amide bonds. The molecule has 1 fully saturated rings. The lowest BCUT2D eigenvalue weighted by Gasteiger charge is -2.35. The van der Waals surface area contributed by atoms with Gasteiger partial charge in [-0.25, -0.2) is 0 Å². The fraction of sp³-hybridized carbons (Fsp3) is 0.250. The molecule has 0 radical (unpaired) electrons. The molecule has 6 heteroatoms. The van der Waals surface area contributed by atoms with Gasteiger partial charge in [-0.3, -0.25) is 14.5 Å². The molecule has 30 heavy (non-hydrogen) atoms. The van der Waals surface area contributed by atoms with Crippen molar-refractivity contribution in [1.82, 2.24) is 9.80 Å². The average Bonchev–Trinajstić information content (AvgIpc) is 3.31. The highest BCUT2D eigenvalue weighted by Gasteiger charge is 2.23. The predicted octanol–water partition coefficient (Wildman–Crippen LogP) is 3.80. The molecule has 1 aliphatic rings. The molecule has 0 aliphatic carbocycles. The number of hydrogen-bond acceptors (Lipinski definition) is 4. The van der Waals surface area contributed by atoms with Gasteiger partial charge in [0, 0.05) is 44.0 Å². The van der Waals surface area contributed by atoms with Gasteiger partial charge in [-0.05, 0) is 42.3 Å². The third kappa shape index (κ3) is 4.60. The smallest absolute Gasteiger partial charge is 0.291 e. The summed E-state index contributed by atoms with van der Waals surface area (Å²) in [5.41, 5.74) is 3.36. The Kier molecular flexibility index (Phi) is 5.95. The maximum absolute atomic E-state index is 13.0. The van der Waals surface area contributed by atoms with Crippen LogP contribution in [0.4, 0.5) is 5.69 Å². The molecule has 0 saturated carbocycles. The van der Waals surface area contributed by atoms with Gasteiger partial charge in [-0.15, -0.1) is 0 Å². The number of anilines is 1. The molecular formula is C24H25N3O3. The first kappa shape index (κ1) is 19.9. The quantitative estimate of drug-likeness (QED) is 0.704. The van der Waals surface area contributed by atoms with Crippen LogP contribution in [0.5, 0.6) is 0 Å². The van der Waals surface area contributed by atoms with E-state index >= 15 is 0 Å². The number of furan rings is 1. The van der Waals surface area contributed by atoms with Crippen molar-refractivity contribution in [2.24, 2.45) is 0 Å². The first-order valence-corrected chi connectivity index (χ1v) is 10.1. The van der Waals surface area contributed by atoms with Gasteiger partial charge in [0.25, 0.3) is 11.8 Å². The molecule has 0 bridgehead atoms. The van der Waals surface area contributed by atoms with Crippen LogP contribution in [0.25, 0.3) is 0 Å². The summed E-state index contributed by atoms with van der Waals surface area (Å²) in [5, 5.41) is 2.83. The SMILES string of the molecule is Cc1ccc(C(=O)N2CCN(Cc3ccccc3)CC2)cc1NC(=O)c1ccco1. The number of amides is 2. The van der Waals surface area contributed by atoms with Crippen LogP contribution in [-0.4, -0.2) is 47.8 Å². The van der Waals surface area contributed by atoms with Gasteiger partial charge in [-0.2, -0.15) is 0 Å². The number of hydrogen-bond donors (Lipinski definition) is 1. The highest BCUT2D eigenvalue weighted by molar-refractivity contribution is 6.04. The Labute approximate surface area is 176 Å². The van der Waals surface area contributed by atoms with Crippen molar-refractivity contribution in [3.63, 3.8) is 0 Å². The zero-order valence-electron chi connectivity index (χ0n) is 17.0. The standard InChI is InChI=1S/C24H25N3O3/c1-18-9-10-20(16-21(18)25-23(28)22-8-5-15-30-22)24(29)27-13-11-26(12-14-27)17-19-6-3-2-4-7-19/h2-10,15-16H,11-14,17H2,1H3,(H,25,28). The molecule has 2 heterocycles. The number of benzene rings is 2. The van der Waals surface area contributed by atoms with E-state index in [0.717, 1.165) is 25.2 Å². The van der Waals surface area contributed by atoms with E-state index in [1.165, 1.54) is 11.8 Å². The summed E-state index contributed by atoms with van der Waals surface area (Å²) >= 11 is 0. The number of nitrogens with one attached hydrogen (secondary N) is 1. The van der Waals surface area contributed by atoms with Crippen LogP contribution in [0.3, 0.4) is 0 Å². The van der Waals surface area contributed by atoms with Crippen molar-refractivity contribution < 1.29 is 14.0 Å². The lowest BCUT2D eigenvalue weighted by molar-refractivity contribution is 0.0628. The molecule has 154 valence electrons. The highest BCUT2D eigenvalue weighted by Crippen LogP contribution is 2.20. The Hall–Kier alpha value is -3.38. The molecule has 1 aliphatic heterocycles. The van der Waals surface area contributed by atoms with Gasteiger partial charge >= 0.3 is 0 Å². The van der Waals surface area contributed by atoms with Gasteiger partial charge in [0.2, 0.25) is 0 Å². The molecule has 4 rings (SSSR count). The van der Waals surface area contributed by atoms with E-state index in [2.05, 4.69) is 34.5 Å². The second kappa shape index (κ2) is 8.97. The summed E-state index contributed by atoms with van der Waals surface area (Å²) in [6, 6.07) is 19.1. The van der Waals surface area contributed by atoms with E-state index < -0.39 is 0 Å². The molecule has 6 nitrogen and oxygen atoms in total. The molecule has 0 spiro atoms. The van der Waals surface area contributed by atoms with Crippen molar-refractivity contribution in [2.45, 2.75) is 13.5 Å². The number of carbonyl (C=O) groups excluding carboxylic acids is 2. The normalized spacial score (nSPS) is 14.5. The second-order valence-corrected chi connectivity index (χ2v) is 7.52. The maximum atomic E-state index is 13.0. The summed E-state index contributed by atoms with van der Waals surface area (Å²) in [7, 11) is 0. The van der Waals surface area contributed by atoms with Crippen LogP contribution in [0, 0.1) is 6.92 Å². The lowest BCUT2D eigenvalue weighted by atomic mass is 10.1. The number of piperazine rings is 1. The lowest BCUT2D eigenvalue weighted by Crippen LogP contribution is -2.48. The van der Waals surface area contributed by atoms with Crippen molar-refractivity contribution in [1.29, 1.82) is 0 Å². The Bertz CT molecular complexity index is 1010. The molecule has 2 aromatic carbocycles. The summed E-state index contributed by atoms with van der Waals surface area (Å²) < 4.78 is 5.14. The molecule has 1 aromatic heterocycles. The Morgan fingerprint density at radius 2 is 1.73 bits per heavy atom. The number of nitrogens with zero attached hydrogens (tertiary/aromatic N) is 2. The fourth-order valence-corrected chi connectivity index (χ4v) is 3.61. The van der Waals surface area contributed by atoms with Crippen LogP contribution in [0.15, 0.2) is 71.3 Å². The van der Waals surface area contributed by atoms with Crippen molar-refractivity contribution >= 4 is 17.5 Å². The summed E-state index contributed by atoms with van der Waals surface area (Å²) in [5.74, 6) is -0.106. The fourth-order valence-electron chi connectivity index (χ4n) is 3.61. The topological polar surface area (TPSA) is 65.8 Å². The van der Waals surface area contributed by atoms with Crippen LogP contribution >= 0.6 is 0 Å². The van der Waals surface area contributed by atoms with Gasteiger partial charge in [-0.1, -0.05) is 36.4 Å². The van der Waals surface area contributed by atoms with Crippen molar-refractivity contribution in [3.8, 4) is 0 Å². The summed E-state index contributed by atoms with van der Waals surface area (Å²) in [4.78, 5) is 29.6. The van der Waals surface area contributed by atoms with Gasteiger partial charge in [0.15, 0.2) is 5.76 Å². The summed E-state index contributed by atoms with van der Waals surface area (Å²) in [6.07, 6.45) is 1.46. The Balaban J connectivity index is 1.38. The molecule has 3 aromatic rings. The predicted molar refractivity (Wildman–Crippen MR) is 115 cm³/mol. The molecule has 0 unspecified atom stereocenters. The van der Waals surface area contributed by atoms with Gasteiger partial charge in [0.1, 0.15) is 0 Å². The van der Waals surface area contributed by atoms with E-state index in [4.69, 9.17) is 4.42 Å². The minimum Gasteiger partial charge on any atom is -0.459 e. The van der Waals surface area contributed by atoms with Crippen molar-refractivity contribution in [2.75, 3.05) is 31.5 Å². The average molecular weight is 403 g/mol. The van der Waals surface area contributed by atoms with E-state index in [0.29, 0.717) is 24.3 Å². The van der Waals surface area contributed by atoms with E-state index in [9.17, 15) is 9.59 Å². The Morgan fingerprint density at radius 3 is 2.43 bits per heavy atom. The highest BCUT2D eigenvalue weighted by atomic mass is 16.3. The van der Waals surface area contributed by atoms with Crippen LogP contribution in [0.1, 0.15) is 32.0 Å². The van der Waals surface area contributed by atoms with Crippen LogP contribution in [0.2, 0.25) is 0 Å². The molecule has 0 atom stereocenters. The minimum atomic E-state index is -0.331. The summed E-state index contributed by atoms with van der Waals surface area (Å²) in [6.45, 7) is 5.86. The third-order valence-corrected chi connectivity index (χ3v) is 5.39. The first-order valence-electron chi connectivity index (χ1n) is 10.1. The van der Waals surface area contributed by atoms with Gasteiger partial charge in [0.05, 0.1) is 6.26 Å².